The summed E-state index contributed by atoms with van der Waals surface area (Å²) in [6, 6.07) is 32.8. The van der Waals surface area contributed by atoms with Crippen molar-refractivity contribution in [2.75, 3.05) is 26.7 Å². The van der Waals surface area contributed by atoms with Crippen LogP contribution in [0.25, 0.3) is 11.1 Å². The molecule has 1 saturated heterocycles. The van der Waals surface area contributed by atoms with Gasteiger partial charge in [-0.3, -0.25) is 9.69 Å². The lowest BCUT2D eigenvalue weighted by Crippen LogP contribution is -2.43. The van der Waals surface area contributed by atoms with Gasteiger partial charge in [0.25, 0.3) is 0 Å². The molecule has 0 bridgehead atoms. The van der Waals surface area contributed by atoms with Gasteiger partial charge in [0.05, 0.1) is 31.5 Å². The number of hydrogen-bond donors (Lipinski definition) is 4. The first kappa shape index (κ1) is 36.7. The molecular weight excluding hydrogens is 634 g/mol. The Hall–Kier alpha value is -4.58. The first-order valence-electron chi connectivity index (χ1n) is 17.0. The average molecular weight is 682 g/mol. The van der Waals surface area contributed by atoms with Gasteiger partial charge in [0.2, 0.25) is 0 Å². The zero-order valence-corrected chi connectivity index (χ0v) is 28.8. The number of ether oxygens (including phenoxy) is 3. The summed E-state index contributed by atoms with van der Waals surface area (Å²) in [5.74, 6) is -0.490. The summed E-state index contributed by atoms with van der Waals surface area (Å²) < 4.78 is 18.1. The fourth-order valence-corrected chi connectivity index (χ4v) is 6.03. The third kappa shape index (κ3) is 9.99. The molecule has 4 aromatic rings. The van der Waals surface area contributed by atoms with Crippen LogP contribution in [0.2, 0.25) is 0 Å². The van der Waals surface area contributed by atoms with Crippen LogP contribution in [0.15, 0.2) is 103 Å². The highest BCUT2D eigenvalue weighted by Gasteiger charge is 2.34. The Balaban J connectivity index is 1.31. The van der Waals surface area contributed by atoms with Gasteiger partial charge < -0.3 is 35.1 Å². The second kappa shape index (κ2) is 17.9. The normalized spacial score (nSPS) is 18.6. The number of hydrogen-bond acceptors (Lipinski definition) is 8. The Morgan fingerprint density at radius 2 is 1.60 bits per heavy atom. The molecule has 4 N–H and O–H groups in total. The maximum atomic E-state index is 12.2. The average Bonchev–Trinajstić information content (AvgIpc) is 3.16. The van der Waals surface area contributed by atoms with Crippen LogP contribution < -0.4 is 10.6 Å². The quantitative estimate of drug-likeness (QED) is 0.123. The molecule has 0 saturated carbocycles. The van der Waals surface area contributed by atoms with E-state index in [4.69, 9.17) is 14.2 Å². The largest absolute Gasteiger partial charge is 0.465 e. The Bertz CT molecular complexity index is 1680. The third-order valence-electron chi connectivity index (χ3n) is 8.97. The van der Waals surface area contributed by atoms with Crippen LogP contribution in [0, 0.1) is 0 Å². The maximum absolute atomic E-state index is 12.2. The number of benzene rings is 4. The number of likely N-dealkylation sites (N-methyl/N-ethyl adjacent to an activating group) is 1. The van der Waals surface area contributed by atoms with Crippen LogP contribution in [0.1, 0.15) is 66.6 Å². The van der Waals surface area contributed by atoms with Gasteiger partial charge in [0.15, 0.2) is 6.29 Å². The van der Waals surface area contributed by atoms with Crippen LogP contribution >= 0.6 is 0 Å². The highest BCUT2D eigenvalue weighted by atomic mass is 16.7. The number of aliphatic hydroxyl groups excluding tert-OH is 2. The van der Waals surface area contributed by atoms with Crippen molar-refractivity contribution in [3.8, 4) is 11.1 Å². The topological polar surface area (TPSA) is 130 Å². The van der Waals surface area contributed by atoms with Gasteiger partial charge in [-0.05, 0) is 66.4 Å². The van der Waals surface area contributed by atoms with Crippen LogP contribution in [0.4, 0.5) is 4.79 Å². The number of carbonyl (C=O) groups is 2. The first-order valence-corrected chi connectivity index (χ1v) is 17.0. The standard InChI is InChI=1S/C40H47N3O7/c1-4-48-37(45)24-42-40(47)41-23-29-10-8-13-32(20-29)33-14-9-15-34(21-33)39-49-35(22-36(50-39)30-18-16-28(26-44)17-19-30)25-43(3)27(2)38(46)31-11-6-5-7-12-31/h5-21,27,35-36,38-39,44,46H,4,22-26H2,1-3H3,(H2,41,42,47)/t27-,35+,36-,38-,39-/m1/s1. The fraction of sp³-hybridized carbons (Fsp3) is 0.350. The van der Waals surface area contributed by atoms with Gasteiger partial charge in [-0.2, -0.15) is 0 Å². The van der Waals surface area contributed by atoms with E-state index < -0.39 is 24.4 Å². The molecule has 10 heteroatoms. The molecular formula is C40H47N3O7. The molecule has 50 heavy (non-hydrogen) atoms. The van der Waals surface area contributed by atoms with E-state index in [0.29, 0.717) is 13.0 Å². The summed E-state index contributed by atoms with van der Waals surface area (Å²) in [5.41, 5.74) is 6.39. The van der Waals surface area contributed by atoms with Crippen LogP contribution in [-0.2, 0) is 32.2 Å². The predicted octanol–water partition coefficient (Wildman–Crippen LogP) is 5.81. The van der Waals surface area contributed by atoms with Crippen LogP contribution in [0.3, 0.4) is 0 Å². The van der Waals surface area contributed by atoms with E-state index >= 15 is 0 Å². The zero-order valence-electron chi connectivity index (χ0n) is 28.8. The molecule has 0 radical (unpaired) electrons. The SMILES string of the molecule is CCOC(=O)CNC(=O)NCc1cccc(-c2cccc([C@@H]3O[C@H](CN(C)[C@H](C)[C@@H](O)c4ccccc4)C[C@H](c4ccc(CO)cc4)O3)c2)c1. The second-order valence-corrected chi connectivity index (χ2v) is 12.6. The Kier molecular flexibility index (Phi) is 13.1. The molecule has 1 heterocycles. The van der Waals surface area contributed by atoms with Gasteiger partial charge in [-0.25, -0.2) is 4.79 Å². The number of aliphatic hydroxyl groups is 2. The molecule has 0 spiro atoms. The molecule has 0 unspecified atom stereocenters. The summed E-state index contributed by atoms with van der Waals surface area (Å²) in [5, 5.41) is 26.0. The number of esters is 1. The van der Waals surface area contributed by atoms with E-state index in [1.165, 1.54) is 0 Å². The molecule has 5 rings (SSSR count). The molecule has 0 aromatic heterocycles. The first-order chi connectivity index (χ1) is 24.2. The summed E-state index contributed by atoms with van der Waals surface area (Å²) in [6.07, 6.45) is -1.12. The van der Waals surface area contributed by atoms with E-state index in [1.54, 1.807) is 6.92 Å². The van der Waals surface area contributed by atoms with Crippen molar-refractivity contribution in [1.29, 1.82) is 0 Å². The van der Waals surface area contributed by atoms with E-state index in [1.807, 2.05) is 111 Å². The molecule has 10 nitrogen and oxygen atoms in total. The van der Waals surface area contributed by atoms with Crippen molar-refractivity contribution in [3.05, 3.63) is 131 Å². The maximum Gasteiger partial charge on any atom is 0.325 e. The Labute approximate surface area is 294 Å². The van der Waals surface area contributed by atoms with Crippen molar-refractivity contribution in [2.45, 2.75) is 64.1 Å². The van der Waals surface area contributed by atoms with Crippen molar-refractivity contribution >= 4 is 12.0 Å². The smallest absolute Gasteiger partial charge is 0.325 e. The molecule has 264 valence electrons. The van der Waals surface area contributed by atoms with E-state index in [-0.39, 0.29) is 44.6 Å². The minimum atomic E-state index is -0.653. The lowest BCUT2D eigenvalue weighted by Gasteiger charge is -2.39. The van der Waals surface area contributed by atoms with Gasteiger partial charge >= 0.3 is 12.0 Å². The van der Waals surface area contributed by atoms with Gasteiger partial charge in [0.1, 0.15) is 6.54 Å². The minimum Gasteiger partial charge on any atom is -0.465 e. The number of amides is 2. The highest BCUT2D eigenvalue weighted by molar-refractivity contribution is 5.80. The van der Waals surface area contributed by atoms with Crippen molar-refractivity contribution in [2.24, 2.45) is 0 Å². The van der Waals surface area contributed by atoms with E-state index in [2.05, 4.69) is 21.6 Å². The molecule has 0 aliphatic carbocycles. The summed E-state index contributed by atoms with van der Waals surface area (Å²) >= 11 is 0. The zero-order chi connectivity index (χ0) is 35.5. The minimum absolute atomic E-state index is 0.0284. The number of rotatable bonds is 14. The molecule has 5 atom stereocenters. The number of nitrogens with zero attached hydrogens (tertiary/aromatic N) is 1. The van der Waals surface area contributed by atoms with E-state index in [0.717, 1.165) is 38.9 Å². The Morgan fingerprint density at radius 1 is 0.880 bits per heavy atom. The number of urea groups is 1. The second-order valence-electron chi connectivity index (χ2n) is 12.6. The van der Waals surface area contributed by atoms with Gasteiger partial charge in [0, 0.05) is 31.1 Å². The van der Waals surface area contributed by atoms with Gasteiger partial charge in [-0.1, -0.05) is 91.0 Å². The third-order valence-corrected chi connectivity index (χ3v) is 8.97. The number of carbonyl (C=O) groups excluding carboxylic acids is 2. The summed E-state index contributed by atoms with van der Waals surface area (Å²) in [6.45, 7) is 4.62. The van der Waals surface area contributed by atoms with Crippen molar-refractivity contribution in [1.82, 2.24) is 15.5 Å². The van der Waals surface area contributed by atoms with Gasteiger partial charge in [-0.15, -0.1) is 0 Å². The molecule has 1 fully saturated rings. The Morgan fingerprint density at radius 3 is 2.32 bits per heavy atom. The molecule has 1 aliphatic rings. The lowest BCUT2D eigenvalue weighted by molar-refractivity contribution is -0.253. The lowest BCUT2D eigenvalue weighted by atomic mass is 9.97. The monoisotopic (exact) mass is 681 g/mol. The highest BCUT2D eigenvalue weighted by Crippen LogP contribution is 2.39. The predicted molar refractivity (Wildman–Crippen MR) is 191 cm³/mol. The van der Waals surface area contributed by atoms with Crippen LogP contribution in [0.5, 0.6) is 0 Å². The number of nitrogens with one attached hydrogen (secondary N) is 2. The summed E-state index contributed by atoms with van der Waals surface area (Å²) in [7, 11) is 2.00. The van der Waals surface area contributed by atoms with Crippen molar-refractivity contribution < 1.29 is 34.0 Å². The molecule has 1 aliphatic heterocycles. The van der Waals surface area contributed by atoms with E-state index in [9.17, 15) is 19.8 Å². The fourth-order valence-electron chi connectivity index (χ4n) is 6.03. The van der Waals surface area contributed by atoms with Crippen LogP contribution in [-0.4, -0.2) is 66.0 Å². The molecule has 4 aromatic carbocycles. The van der Waals surface area contributed by atoms with Crippen molar-refractivity contribution in [3.63, 3.8) is 0 Å². The summed E-state index contributed by atoms with van der Waals surface area (Å²) in [4.78, 5) is 25.9. The molecule has 2 amide bonds.